The number of hydrogen-bond acceptors (Lipinski definition) is 6. The minimum atomic E-state index is -3.29. The molecule has 0 aliphatic heterocycles. The fourth-order valence-corrected chi connectivity index (χ4v) is 2.47. The van der Waals surface area contributed by atoms with E-state index in [4.69, 9.17) is 14.2 Å². The summed E-state index contributed by atoms with van der Waals surface area (Å²) in [5, 5.41) is 0. The largest absolute Gasteiger partial charge is 0.382 e. The summed E-state index contributed by atoms with van der Waals surface area (Å²) in [6.45, 7) is 9.39. The molecule has 1 N–H and O–H groups in total. The van der Waals surface area contributed by atoms with Gasteiger partial charge in [-0.05, 0) is 13.1 Å². The van der Waals surface area contributed by atoms with Gasteiger partial charge in [-0.1, -0.05) is 13.8 Å². The highest BCUT2D eigenvalue weighted by molar-refractivity contribution is 7.89. The molecule has 0 fully saturated rings. The molecule has 0 aliphatic carbocycles. The first-order chi connectivity index (χ1) is 10.1. The molecule has 0 rings (SSSR count). The second-order valence-electron chi connectivity index (χ2n) is 4.46. The fourth-order valence-electron chi connectivity index (χ4n) is 1.59. The minimum absolute atomic E-state index is 0.0455. The topological polar surface area (TPSA) is 77.1 Å². The molecule has 0 heterocycles. The number of hydrogen-bond donors (Lipinski definition) is 1. The van der Waals surface area contributed by atoms with Crippen molar-refractivity contribution in [1.82, 2.24) is 9.62 Å². The first kappa shape index (κ1) is 20.8. The highest BCUT2D eigenvalue weighted by Gasteiger charge is 2.09. The molecule has 0 saturated carbocycles. The Kier molecular flexibility index (Phi) is 13.3. The van der Waals surface area contributed by atoms with Gasteiger partial charge in [-0.25, -0.2) is 13.1 Å². The van der Waals surface area contributed by atoms with Gasteiger partial charge < -0.3 is 19.1 Å². The first-order valence-electron chi connectivity index (χ1n) is 7.39. The van der Waals surface area contributed by atoms with Crippen molar-refractivity contribution >= 4 is 10.0 Å². The number of rotatable bonds is 15. The second kappa shape index (κ2) is 13.4. The van der Waals surface area contributed by atoms with E-state index in [1.54, 1.807) is 7.11 Å². The summed E-state index contributed by atoms with van der Waals surface area (Å²) < 4.78 is 41.0. The lowest BCUT2D eigenvalue weighted by molar-refractivity contribution is 0.0784. The molecule has 0 bridgehead atoms. The van der Waals surface area contributed by atoms with Gasteiger partial charge >= 0.3 is 0 Å². The van der Waals surface area contributed by atoms with Crippen molar-refractivity contribution in [2.45, 2.75) is 13.8 Å². The predicted octanol–water partition coefficient (Wildman–Crippen LogP) is -0.0728. The van der Waals surface area contributed by atoms with Crippen LogP contribution in [0.2, 0.25) is 0 Å². The van der Waals surface area contributed by atoms with Crippen molar-refractivity contribution in [3.8, 4) is 0 Å². The van der Waals surface area contributed by atoms with Crippen molar-refractivity contribution in [2.75, 3.05) is 72.1 Å². The Morgan fingerprint density at radius 3 is 2.24 bits per heavy atom. The number of methoxy groups -OCH3 is 1. The monoisotopic (exact) mass is 326 g/mol. The van der Waals surface area contributed by atoms with Gasteiger partial charge in [0.1, 0.15) is 0 Å². The van der Waals surface area contributed by atoms with E-state index in [2.05, 4.69) is 23.5 Å². The third-order valence-electron chi connectivity index (χ3n) is 2.94. The van der Waals surface area contributed by atoms with Crippen LogP contribution in [0.5, 0.6) is 0 Å². The fraction of sp³-hybridized carbons (Fsp3) is 1.00. The molecule has 0 aromatic heterocycles. The maximum absolute atomic E-state index is 11.6. The summed E-state index contributed by atoms with van der Waals surface area (Å²) in [6, 6.07) is 0. The van der Waals surface area contributed by atoms with E-state index in [0.29, 0.717) is 33.0 Å². The average Bonchev–Trinajstić information content (AvgIpc) is 2.46. The normalized spacial score (nSPS) is 12.2. The quantitative estimate of drug-likeness (QED) is 0.425. The lowest BCUT2D eigenvalue weighted by atomic mass is 10.5. The minimum Gasteiger partial charge on any atom is -0.382 e. The zero-order valence-electron chi connectivity index (χ0n) is 13.5. The molecule has 0 atom stereocenters. The third-order valence-corrected chi connectivity index (χ3v) is 4.29. The maximum atomic E-state index is 11.6. The number of nitrogens with one attached hydrogen (secondary N) is 1. The molecule has 0 unspecified atom stereocenters. The Morgan fingerprint density at radius 1 is 0.952 bits per heavy atom. The summed E-state index contributed by atoms with van der Waals surface area (Å²) in [7, 11) is -1.72. The van der Waals surface area contributed by atoms with Gasteiger partial charge in [-0.3, -0.25) is 0 Å². The standard InChI is InChI=1S/C13H30N2O5S/c1-4-15(5-2)7-9-19-8-6-14-21(16,17)13-12-20-11-10-18-3/h14H,4-13H2,1-3H3. The van der Waals surface area contributed by atoms with Crippen molar-refractivity contribution in [3.63, 3.8) is 0 Å². The first-order valence-corrected chi connectivity index (χ1v) is 9.05. The second-order valence-corrected chi connectivity index (χ2v) is 6.38. The van der Waals surface area contributed by atoms with E-state index < -0.39 is 10.0 Å². The number of ether oxygens (including phenoxy) is 3. The molecule has 8 heteroatoms. The van der Waals surface area contributed by atoms with Crippen LogP contribution in [-0.4, -0.2) is 85.4 Å². The molecule has 0 aromatic carbocycles. The molecule has 0 aromatic rings. The molecule has 128 valence electrons. The Bertz CT molecular complexity index is 321. The van der Waals surface area contributed by atoms with E-state index in [0.717, 1.165) is 19.6 Å². The molecule has 21 heavy (non-hydrogen) atoms. The zero-order valence-corrected chi connectivity index (χ0v) is 14.3. The van der Waals surface area contributed by atoms with Gasteiger partial charge in [0.05, 0.1) is 38.8 Å². The third kappa shape index (κ3) is 13.2. The molecule has 7 nitrogen and oxygen atoms in total. The van der Waals surface area contributed by atoms with Crippen LogP contribution in [0.25, 0.3) is 0 Å². The van der Waals surface area contributed by atoms with Crippen molar-refractivity contribution in [1.29, 1.82) is 0 Å². The Labute approximate surface area is 129 Å². The van der Waals surface area contributed by atoms with E-state index in [1.807, 2.05) is 0 Å². The van der Waals surface area contributed by atoms with Gasteiger partial charge in [0.15, 0.2) is 0 Å². The Morgan fingerprint density at radius 2 is 1.62 bits per heavy atom. The van der Waals surface area contributed by atoms with E-state index >= 15 is 0 Å². The van der Waals surface area contributed by atoms with Crippen LogP contribution in [0.15, 0.2) is 0 Å². The van der Waals surface area contributed by atoms with Gasteiger partial charge in [-0.15, -0.1) is 0 Å². The van der Waals surface area contributed by atoms with Crippen LogP contribution in [0.3, 0.4) is 0 Å². The van der Waals surface area contributed by atoms with E-state index in [9.17, 15) is 8.42 Å². The van der Waals surface area contributed by atoms with Gasteiger partial charge in [-0.2, -0.15) is 0 Å². The molecule has 0 radical (unpaired) electrons. The Hall–Kier alpha value is -0.250. The van der Waals surface area contributed by atoms with Crippen molar-refractivity contribution in [2.24, 2.45) is 0 Å². The smallest absolute Gasteiger partial charge is 0.213 e. The van der Waals surface area contributed by atoms with E-state index in [-0.39, 0.29) is 12.4 Å². The molecular weight excluding hydrogens is 296 g/mol. The van der Waals surface area contributed by atoms with Gasteiger partial charge in [0.25, 0.3) is 0 Å². The van der Waals surface area contributed by atoms with Crippen LogP contribution in [0.4, 0.5) is 0 Å². The molecule has 0 spiro atoms. The average molecular weight is 326 g/mol. The number of nitrogens with zero attached hydrogens (tertiary/aromatic N) is 1. The van der Waals surface area contributed by atoms with Crippen LogP contribution in [-0.2, 0) is 24.2 Å². The molecular formula is C13H30N2O5S. The van der Waals surface area contributed by atoms with Crippen molar-refractivity contribution < 1.29 is 22.6 Å². The molecule has 0 amide bonds. The van der Waals surface area contributed by atoms with Crippen LogP contribution < -0.4 is 4.72 Å². The molecule has 0 aliphatic rings. The Balaban J connectivity index is 3.52. The molecule has 0 saturated heterocycles. The highest BCUT2D eigenvalue weighted by Crippen LogP contribution is 1.88. The zero-order chi connectivity index (χ0) is 16.0. The summed E-state index contributed by atoms with van der Waals surface area (Å²) in [4.78, 5) is 2.25. The lowest BCUT2D eigenvalue weighted by Gasteiger charge is -2.17. The lowest BCUT2D eigenvalue weighted by Crippen LogP contribution is -2.32. The van der Waals surface area contributed by atoms with E-state index in [1.165, 1.54) is 0 Å². The maximum Gasteiger partial charge on any atom is 0.213 e. The van der Waals surface area contributed by atoms with Crippen LogP contribution >= 0.6 is 0 Å². The highest BCUT2D eigenvalue weighted by atomic mass is 32.2. The summed E-state index contributed by atoms with van der Waals surface area (Å²) >= 11 is 0. The number of sulfonamides is 1. The van der Waals surface area contributed by atoms with Gasteiger partial charge in [0, 0.05) is 20.2 Å². The SMILES string of the molecule is CCN(CC)CCOCCNS(=O)(=O)CCOCCOC. The summed E-state index contributed by atoms with van der Waals surface area (Å²) in [5.74, 6) is -0.0455. The summed E-state index contributed by atoms with van der Waals surface area (Å²) in [5.41, 5.74) is 0. The predicted molar refractivity (Wildman–Crippen MR) is 83.1 cm³/mol. The number of likely N-dealkylation sites (N-methyl/N-ethyl adjacent to an activating group) is 1. The van der Waals surface area contributed by atoms with Crippen LogP contribution in [0, 0.1) is 0 Å². The van der Waals surface area contributed by atoms with Crippen LogP contribution in [0.1, 0.15) is 13.8 Å². The van der Waals surface area contributed by atoms with Crippen molar-refractivity contribution in [3.05, 3.63) is 0 Å². The summed E-state index contributed by atoms with van der Waals surface area (Å²) in [6.07, 6.45) is 0. The van der Waals surface area contributed by atoms with Gasteiger partial charge in [0.2, 0.25) is 10.0 Å².